The lowest BCUT2D eigenvalue weighted by atomic mass is 10.1. The smallest absolute Gasteiger partial charge is 0.259 e. The van der Waals surface area contributed by atoms with Crippen molar-refractivity contribution in [2.24, 2.45) is 5.73 Å². The van der Waals surface area contributed by atoms with E-state index < -0.39 is 0 Å². The number of amides is 1. The SMILES string of the molecule is Cc1cc(-c2cc(C(=O)NCCCN)c3c(C)noc3n2)c(C)o1. The number of nitrogens with two attached hydrogens (primary N) is 1. The van der Waals surface area contributed by atoms with E-state index in [0.717, 1.165) is 23.5 Å². The number of carbonyl (C=O) groups excluding carboxylic acids is 1. The molecule has 0 aliphatic carbocycles. The Labute approximate surface area is 139 Å². The summed E-state index contributed by atoms with van der Waals surface area (Å²) in [5.74, 6) is 1.33. The van der Waals surface area contributed by atoms with Crippen molar-refractivity contribution in [3.05, 3.63) is 34.9 Å². The fraction of sp³-hybridized carbons (Fsp3) is 0.353. The first-order chi connectivity index (χ1) is 11.5. The van der Waals surface area contributed by atoms with E-state index in [4.69, 9.17) is 14.7 Å². The van der Waals surface area contributed by atoms with Crippen molar-refractivity contribution in [2.75, 3.05) is 13.1 Å². The zero-order valence-corrected chi connectivity index (χ0v) is 14.0. The van der Waals surface area contributed by atoms with Crippen molar-refractivity contribution in [3.8, 4) is 11.3 Å². The number of hydrogen-bond donors (Lipinski definition) is 2. The summed E-state index contributed by atoms with van der Waals surface area (Å²) < 4.78 is 10.8. The molecule has 0 fully saturated rings. The molecule has 0 aromatic carbocycles. The summed E-state index contributed by atoms with van der Waals surface area (Å²) in [6, 6.07) is 3.64. The molecule has 3 heterocycles. The second-order valence-corrected chi connectivity index (χ2v) is 5.73. The quantitative estimate of drug-likeness (QED) is 0.697. The Hall–Kier alpha value is -2.67. The Bertz CT molecular complexity index is 895. The normalized spacial score (nSPS) is 11.2. The molecule has 0 spiro atoms. The first kappa shape index (κ1) is 16.2. The number of rotatable bonds is 5. The fourth-order valence-corrected chi connectivity index (χ4v) is 2.70. The summed E-state index contributed by atoms with van der Waals surface area (Å²) in [6.07, 6.45) is 0.718. The molecular weight excluding hydrogens is 308 g/mol. The number of hydrogen-bond acceptors (Lipinski definition) is 6. The average molecular weight is 328 g/mol. The molecule has 7 nitrogen and oxygen atoms in total. The van der Waals surface area contributed by atoms with Gasteiger partial charge in [0.1, 0.15) is 11.5 Å². The number of aromatic nitrogens is 2. The maximum absolute atomic E-state index is 12.6. The van der Waals surface area contributed by atoms with E-state index in [2.05, 4.69) is 15.5 Å². The van der Waals surface area contributed by atoms with Crippen molar-refractivity contribution >= 4 is 17.0 Å². The molecule has 3 aromatic heterocycles. The second kappa shape index (κ2) is 6.45. The predicted molar refractivity (Wildman–Crippen MR) is 89.7 cm³/mol. The van der Waals surface area contributed by atoms with Crippen LogP contribution in [0.15, 0.2) is 21.1 Å². The fourth-order valence-electron chi connectivity index (χ4n) is 2.70. The lowest BCUT2D eigenvalue weighted by molar-refractivity contribution is 0.0955. The molecule has 0 aliphatic rings. The van der Waals surface area contributed by atoms with Crippen molar-refractivity contribution in [3.63, 3.8) is 0 Å². The molecule has 3 aromatic rings. The molecule has 0 bridgehead atoms. The van der Waals surface area contributed by atoms with Crippen LogP contribution in [0.1, 0.15) is 34.0 Å². The molecule has 0 saturated heterocycles. The van der Waals surface area contributed by atoms with Crippen LogP contribution in [0.4, 0.5) is 0 Å². The summed E-state index contributed by atoms with van der Waals surface area (Å²) in [4.78, 5) is 17.1. The van der Waals surface area contributed by atoms with Crippen LogP contribution in [-0.2, 0) is 0 Å². The maximum Gasteiger partial charge on any atom is 0.259 e. The van der Waals surface area contributed by atoms with Crippen LogP contribution in [0.2, 0.25) is 0 Å². The molecule has 0 atom stereocenters. The van der Waals surface area contributed by atoms with Gasteiger partial charge in [-0.15, -0.1) is 0 Å². The Balaban J connectivity index is 2.10. The van der Waals surface area contributed by atoms with Gasteiger partial charge in [0, 0.05) is 12.1 Å². The van der Waals surface area contributed by atoms with Gasteiger partial charge >= 0.3 is 0 Å². The van der Waals surface area contributed by atoms with Crippen molar-refractivity contribution in [1.29, 1.82) is 0 Å². The molecule has 126 valence electrons. The van der Waals surface area contributed by atoms with Gasteiger partial charge in [0.25, 0.3) is 11.6 Å². The van der Waals surface area contributed by atoms with Crippen LogP contribution in [0.25, 0.3) is 22.4 Å². The third-order valence-electron chi connectivity index (χ3n) is 3.85. The molecule has 0 unspecified atom stereocenters. The van der Waals surface area contributed by atoms with Gasteiger partial charge in [-0.1, -0.05) is 5.16 Å². The van der Waals surface area contributed by atoms with Crippen molar-refractivity contribution in [1.82, 2.24) is 15.5 Å². The van der Waals surface area contributed by atoms with E-state index in [9.17, 15) is 4.79 Å². The summed E-state index contributed by atoms with van der Waals surface area (Å²) in [5.41, 5.74) is 8.39. The molecule has 7 heteroatoms. The monoisotopic (exact) mass is 328 g/mol. The summed E-state index contributed by atoms with van der Waals surface area (Å²) in [5, 5.41) is 7.43. The molecule has 24 heavy (non-hydrogen) atoms. The predicted octanol–water partition coefficient (Wildman–Crippen LogP) is 2.49. The lowest BCUT2D eigenvalue weighted by Crippen LogP contribution is -2.26. The van der Waals surface area contributed by atoms with E-state index in [1.54, 1.807) is 13.0 Å². The number of nitrogens with one attached hydrogen (secondary N) is 1. The van der Waals surface area contributed by atoms with Crippen molar-refractivity contribution in [2.45, 2.75) is 27.2 Å². The molecule has 3 rings (SSSR count). The van der Waals surface area contributed by atoms with Crippen LogP contribution in [0.3, 0.4) is 0 Å². The number of nitrogens with zero attached hydrogens (tertiary/aromatic N) is 2. The van der Waals surface area contributed by atoms with Gasteiger partial charge in [-0.25, -0.2) is 4.98 Å². The minimum absolute atomic E-state index is 0.193. The van der Waals surface area contributed by atoms with Gasteiger partial charge in [-0.2, -0.15) is 0 Å². The Morgan fingerprint density at radius 2 is 2.08 bits per heavy atom. The summed E-state index contributed by atoms with van der Waals surface area (Å²) >= 11 is 0. The van der Waals surface area contributed by atoms with Gasteiger partial charge < -0.3 is 20.0 Å². The third-order valence-corrected chi connectivity index (χ3v) is 3.85. The van der Waals surface area contributed by atoms with E-state index in [1.807, 2.05) is 19.9 Å². The zero-order valence-electron chi connectivity index (χ0n) is 14.0. The van der Waals surface area contributed by atoms with Crippen LogP contribution in [0, 0.1) is 20.8 Å². The van der Waals surface area contributed by atoms with Crippen LogP contribution in [0.5, 0.6) is 0 Å². The minimum atomic E-state index is -0.193. The number of carbonyl (C=O) groups is 1. The van der Waals surface area contributed by atoms with Gasteiger partial charge in [0.15, 0.2) is 0 Å². The van der Waals surface area contributed by atoms with Gasteiger partial charge in [-0.3, -0.25) is 4.79 Å². The Kier molecular flexibility index (Phi) is 4.35. The van der Waals surface area contributed by atoms with Gasteiger partial charge in [0.2, 0.25) is 0 Å². The highest BCUT2D eigenvalue weighted by Gasteiger charge is 2.20. The van der Waals surface area contributed by atoms with E-state index in [-0.39, 0.29) is 5.91 Å². The number of pyridine rings is 1. The van der Waals surface area contributed by atoms with E-state index >= 15 is 0 Å². The standard InChI is InChI=1S/C17H20N4O3/c1-9-7-12(11(3)23-9)14-8-13(16(22)19-6-4-5-18)15-10(2)21-24-17(15)20-14/h7-8H,4-6,18H2,1-3H3,(H,19,22). The number of fused-ring (bicyclic) bond motifs is 1. The number of furan rings is 1. The first-order valence-corrected chi connectivity index (χ1v) is 7.84. The Morgan fingerprint density at radius 3 is 2.75 bits per heavy atom. The highest BCUT2D eigenvalue weighted by molar-refractivity contribution is 6.07. The van der Waals surface area contributed by atoms with Gasteiger partial charge in [-0.05, 0) is 45.9 Å². The first-order valence-electron chi connectivity index (χ1n) is 7.84. The molecule has 0 saturated carbocycles. The second-order valence-electron chi connectivity index (χ2n) is 5.73. The van der Waals surface area contributed by atoms with E-state index in [0.29, 0.717) is 41.1 Å². The lowest BCUT2D eigenvalue weighted by Gasteiger charge is -2.07. The molecule has 0 aliphatic heterocycles. The molecule has 1 amide bonds. The van der Waals surface area contributed by atoms with Crippen LogP contribution >= 0.6 is 0 Å². The molecule has 3 N–H and O–H groups in total. The van der Waals surface area contributed by atoms with Crippen LogP contribution < -0.4 is 11.1 Å². The highest BCUT2D eigenvalue weighted by Crippen LogP contribution is 2.30. The summed E-state index contributed by atoms with van der Waals surface area (Å²) in [6.45, 7) is 6.56. The topological polar surface area (TPSA) is 107 Å². The summed E-state index contributed by atoms with van der Waals surface area (Å²) in [7, 11) is 0. The Morgan fingerprint density at radius 1 is 1.29 bits per heavy atom. The maximum atomic E-state index is 12.6. The average Bonchev–Trinajstić information content (AvgIpc) is 3.09. The largest absolute Gasteiger partial charge is 0.466 e. The highest BCUT2D eigenvalue weighted by atomic mass is 16.5. The van der Waals surface area contributed by atoms with Gasteiger partial charge in [0.05, 0.1) is 22.3 Å². The third kappa shape index (κ3) is 2.90. The molecule has 0 radical (unpaired) electrons. The van der Waals surface area contributed by atoms with E-state index in [1.165, 1.54) is 0 Å². The number of aryl methyl sites for hydroxylation is 3. The van der Waals surface area contributed by atoms with Crippen LogP contribution in [-0.4, -0.2) is 29.1 Å². The molecular formula is C17H20N4O3. The van der Waals surface area contributed by atoms with Crippen molar-refractivity contribution < 1.29 is 13.7 Å². The minimum Gasteiger partial charge on any atom is -0.466 e. The zero-order chi connectivity index (χ0) is 17.3.